The van der Waals surface area contributed by atoms with Crippen molar-refractivity contribution < 1.29 is 4.74 Å². The summed E-state index contributed by atoms with van der Waals surface area (Å²) in [5.41, 5.74) is 2.57. The molecular formula is C21H23Cl2N3OS. The lowest BCUT2D eigenvalue weighted by molar-refractivity contribution is 0.309. The van der Waals surface area contributed by atoms with Crippen LogP contribution in [0.1, 0.15) is 30.3 Å². The first-order chi connectivity index (χ1) is 13.6. The molecule has 0 aliphatic carbocycles. The van der Waals surface area contributed by atoms with E-state index >= 15 is 0 Å². The molecule has 148 valence electrons. The van der Waals surface area contributed by atoms with Gasteiger partial charge in [-0.15, -0.1) is 10.2 Å². The van der Waals surface area contributed by atoms with Gasteiger partial charge in [0, 0.05) is 23.7 Å². The lowest BCUT2D eigenvalue weighted by Gasteiger charge is -2.09. The van der Waals surface area contributed by atoms with Crippen LogP contribution in [0.15, 0.2) is 47.6 Å². The summed E-state index contributed by atoms with van der Waals surface area (Å²) in [7, 11) is 0. The molecule has 28 heavy (non-hydrogen) atoms. The Morgan fingerprint density at radius 1 is 1.11 bits per heavy atom. The largest absolute Gasteiger partial charge is 0.492 e. The molecule has 7 heteroatoms. The zero-order chi connectivity index (χ0) is 19.9. The first-order valence-electron chi connectivity index (χ1n) is 9.25. The number of thioether (sulfide) groups is 1. The van der Waals surface area contributed by atoms with E-state index in [0.717, 1.165) is 36.1 Å². The Morgan fingerprint density at radius 3 is 2.71 bits per heavy atom. The van der Waals surface area contributed by atoms with Crippen molar-refractivity contribution >= 4 is 35.0 Å². The van der Waals surface area contributed by atoms with Crippen LogP contribution >= 0.6 is 35.0 Å². The van der Waals surface area contributed by atoms with Gasteiger partial charge in [0.15, 0.2) is 5.16 Å². The number of benzene rings is 2. The highest BCUT2D eigenvalue weighted by molar-refractivity contribution is 7.98. The molecule has 1 heterocycles. The molecule has 0 N–H and O–H groups in total. The van der Waals surface area contributed by atoms with E-state index in [-0.39, 0.29) is 0 Å². The van der Waals surface area contributed by atoms with Gasteiger partial charge < -0.3 is 9.30 Å². The topological polar surface area (TPSA) is 39.9 Å². The Kier molecular flexibility index (Phi) is 7.65. The van der Waals surface area contributed by atoms with Crippen molar-refractivity contribution in [1.29, 1.82) is 0 Å². The second-order valence-electron chi connectivity index (χ2n) is 6.45. The molecule has 3 rings (SSSR count). The van der Waals surface area contributed by atoms with Gasteiger partial charge >= 0.3 is 0 Å². The summed E-state index contributed by atoms with van der Waals surface area (Å²) >= 11 is 13.8. The molecule has 0 atom stereocenters. The summed E-state index contributed by atoms with van der Waals surface area (Å²) in [6, 6.07) is 13.8. The molecule has 0 radical (unpaired) electrons. The van der Waals surface area contributed by atoms with Gasteiger partial charge in [-0.2, -0.15) is 0 Å². The van der Waals surface area contributed by atoms with E-state index in [9.17, 15) is 0 Å². The third-order valence-electron chi connectivity index (χ3n) is 4.26. The van der Waals surface area contributed by atoms with E-state index < -0.39 is 0 Å². The SMILES string of the molecule is CCn1c(CCCOc2ccc(Cl)cc2Cl)nnc1SCc1cccc(C)c1. The molecule has 0 aliphatic rings. The van der Waals surface area contributed by atoms with E-state index in [1.807, 2.05) is 0 Å². The predicted molar refractivity (Wildman–Crippen MR) is 117 cm³/mol. The van der Waals surface area contributed by atoms with Crippen molar-refractivity contribution in [3.8, 4) is 5.75 Å². The monoisotopic (exact) mass is 435 g/mol. The van der Waals surface area contributed by atoms with Crippen molar-refractivity contribution in [2.24, 2.45) is 0 Å². The highest BCUT2D eigenvalue weighted by atomic mass is 35.5. The van der Waals surface area contributed by atoms with Crippen LogP contribution < -0.4 is 4.74 Å². The third kappa shape index (κ3) is 5.66. The molecule has 4 nitrogen and oxygen atoms in total. The Balaban J connectivity index is 1.53. The van der Waals surface area contributed by atoms with E-state index in [1.165, 1.54) is 11.1 Å². The first kappa shape index (κ1) is 21.0. The van der Waals surface area contributed by atoms with Crippen LogP contribution in [0, 0.1) is 6.92 Å². The van der Waals surface area contributed by atoms with Gasteiger partial charge in [-0.3, -0.25) is 0 Å². The average Bonchev–Trinajstić information content (AvgIpc) is 3.07. The minimum absolute atomic E-state index is 0.527. The minimum Gasteiger partial charge on any atom is -0.492 e. The fraction of sp³-hybridized carbons (Fsp3) is 0.333. The number of aryl methyl sites for hydroxylation is 2. The number of hydrogen-bond donors (Lipinski definition) is 0. The maximum Gasteiger partial charge on any atom is 0.191 e. The number of aromatic nitrogens is 3. The second-order valence-corrected chi connectivity index (χ2v) is 8.23. The maximum atomic E-state index is 6.13. The van der Waals surface area contributed by atoms with Crippen molar-refractivity contribution in [1.82, 2.24) is 14.8 Å². The highest BCUT2D eigenvalue weighted by Crippen LogP contribution is 2.28. The summed E-state index contributed by atoms with van der Waals surface area (Å²) in [6.45, 7) is 5.64. The minimum atomic E-state index is 0.527. The highest BCUT2D eigenvalue weighted by Gasteiger charge is 2.12. The quantitative estimate of drug-likeness (QED) is 0.295. The number of rotatable bonds is 9. The third-order valence-corrected chi connectivity index (χ3v) is 5.82. The summed E-state index contributed by atoms with van der Waals surface area (Å²) in [6.07, 6.45) is 1.64. The molecule has 0 saturated carbocycles. The van der Waals surface area contributed by atoms with Gasteiger partial charge in [0.2, 0.25) is 0 Å². The molecule has 0 saturated heterocycles. The fourth-order valence-corrected chi connectivity index (χ4v) is 4.31. The van der Waals surface area contributed by atoms with Crippen LogP contribution in [-0.2, 0) is 18.7 Å². The van der Waals surface area contributed by atoms with Crippen LogP contribution in [0.4, 0.5) is 0 Å². The van der Waals surface area contributed by atoms with E-state index in [4.69, 9.17) is 27.9 Å². The molecule has 0 spiro atoms. The van der Waals surface area contributed by atoms with E-state index in [2.05, 4.69) is 52.9 Å². The van der Waals surface area contributed by atoms with Gasteiger partial charge in [-0.05, 0) is 44.0 Å². The smallest absolute Gasteiger partial charge is 0.191 e. The summed E-state index contributed by atoms with van der Waals surface area (Å²) in [5, 5.41) is 10.9. The molecule has 0 aliphatic heterocycles. The molecule has 1 aromatic heterocycles. The summed E-state index contributed by atoms with van der Waals surface area (Å²) in [4.78, 5) is 0. The van der Waals surface area contributed by atoms with E-state index in [1.54, 1.807) is 30.0 Å². The number of nitrogens with zero attached hydrogens (tertiary/aromatic N) is 3. The summed E-state index contributed by atoms with van der Waals surface area (Å²) in [5.74, 6) is 2.52. The Morgan fingerprint density at radius 2 is 1.96 bits per heavy atom. The van der Waals surface area contributed by atoms with Crippen molar-refractivity contribution in [3.05, 3.63) is 69.5 Å². The Bertz CT molecular complexity index is 930. The fourth-order valence-electron chi connectivity index (χ4n) is 2.88. The van der Waals surface area contributed by atoms with E-state index in [0.29, 0.717) is 22.4 Å². The zero-order valence-electron chi connectivity index (χ0n) is 16.0. The molecular weight excluding hydrogens is 413 g/mol. The maximum absolute atomic E-state index is 6.13. The van der Waals surface area contributed by atoms with Crippen LogP contribution in [0.5, 0.6) is 5.75 Å². The molecule has 0 bridgehead atoms. The van der Waals surface area contributed by atoms with Crippen molar-refractivity contribution in [3.63, 3.8) is 0 Å². The molecule has 2 aromatic carbocycles. The predicted octanol–water partition coefficient (Wildman–Crippen LogP) is 6.22. The molecule has 0 fully saturated rings. The van der Waals surface area contributed by atoms with Gasteiger partial charge in [0.1, 0.15) is 11.6 Å². The average molecular weight is 436 g/mol. The summed E-state index contributed by atoms with van der Waals surface area (Å²) < 4.78 is 7.93. The molecule has 0 unspecified atom stereocenters. The number of ether oxygens (including phenoxy) is 1. The van der Waals surface area contributed by atoms with Gasteiger partial charge in [0.05, 0.1) is 11.6 Å². The molecule has 3 aromatic rings. The van der Waals surface area contributed by atoms with Crippen LogP contribution in [-0.4, -0.2) is 21.4 Å². The van der Waals surface area contributed by atoms with Gasteiger partial charge in [-0.25, -0.2) is 0 Å². The van der Waals surface area contributed by atoms with Crippen LogP contribution in [0.2, 0.25) is 10.0 Å². The normalized spacial score (nSPS) is 11.0. The lowest BCUT2D eigenvalue weighted by Crippen LogP contribution is -2.06. The Hall–Kier alpha value is -1.69. The lowest BCUT2D eigenvalue weighted by atomic mass is 10.2. The molecule has 0 amide bonds. The van der Waals surface area contributed by atoms with Crippen LogP contribution in [0.3, 0.4) is 0 Å². The number of halogens is 2. The Labute approximate surface area is 180 Å². The zero-order valence-corrected chi connectivity index (χ0v) is 18.3. The van der Waals surface area contributed by atoms with Gasteiger partial charge in [0.25, 0.3) is 0 Å². The first-order valence-corrected chi connectivity index (χ1v) is 11.0. The number of hydrogen-bond acceptors (Lipinski definition) is 4. The van der Waals surface area contributed by atoms with Crippen molar-refractivity contribution in [2.45, 2.75) is 44.1 Å². The standard InChI is InChI=1S/C21H23Cl2N3OS/c1-3-26-20(8-5-11-27-19-10-9-17(22)13-18(19)23)24-25-21(26)28-14-16-7-4-6-15(2)12-16/h4,6-7,9-10,12-13H,3,5,8,11,14H2,1-2H3. The van der Waals surface area contributed by atoms with Crippen molar-refractivity contribution in [2.75, 3.05) is 6.61 Å². The van der Waals surface area contributed by atoms with Crippen LogP contribution in [0.25, 0.3) is 0 Å². The second kappa shape index (κ2) is 10.2. The van der Waals surface area contributed by atoms with Gasteiger partial charge in [-0.1, -0.05) is 64.8 Å².